The lowest BCUT2D eigenvalue weighted by atomic mass is 10.1. The summed E-state index contributed by atoms with van der Waals surface area (Å²) in [5, 5.41) is 2.87. The third-order valence-electron chi connectivity index (χ3n) is 3.44. The Morgan fingerprint density at radius 2 is 1.88 bits per heavy atom. The van der Waals surface area contributed by atoms with Gasteiger partial charge in [-0.15, -0.1) is 24.8 Å². The number of rotatable bonds is 6. The largest absolute Gasteiger partial charge is 0.497 e. The number of nitrogens with one attached hydrogen (secondary N) is 1. The van der Waals surface area contributed by atoms with E-state index in [9.17, 15) is 4.79 Å². The van der Waals surface area contributed by atoms with Crippen LogP contribution in [0.4, 0.5) is 0 Å². The topological polar surface area (TPSA) is 77.2 Å². The molecule has 0 radical (unpaired) electrons. The molecule has 1 aromatic carbocycles. The van der Waals surface area contributed by atoms with E-state index in [0.29, 0.717) is 18.7 Å². The van der Waals surface area contributed by atoms with Crippen molar-refractivity contribution in [3.63, 3.8) is 0 Å². The minimum Gasteiger partial charge on any atom is -0.497 e. The van der Waals surface area contributed by atoms with Crippen molar-refractivity contribution in [2.24, 2.45) is 11.7 Å². The number of ether oxygens (including phenoxy) is 1. The van der Waals surface area contributed by atoms with Gasteiger partial charge in [-0.2, -0.15) is 0 Å². The van der Waals surface area contributed by atoms with Gasteiger partial charge in [0.1, 0.15) is 5.75 Å². The van der Waals surface area contributed by atoms with Crippen LogP contribution < -0.4 is 15.8 Å². The molecular weight excluding hydrogens is 349 g/mol. The van der Waals surface area contributed by atoms with E-state index < -0.39 is 0 Å². The van der Waals surface area contributed by atoms with E-state index in [1.54, 1.807) is 19.5 Å². The standard InChI is InChI=1S/C17H21N3O2.2ClH/c1-12(8-18)9-20-17(21)15-7-14(10-19-11-15)13-3-5-16(22-2)6-4-13;;/h3-7,10-12H,8-9,18H2,1-2H3,(H,20,21);2*1H. The van der Waals surface area contributed by atoms with Gasteiger partial charge >= 0.3 is 0 Å². The van der Waals surface area contributed by atoms with Gasteiger partial charge in [0.15, 0.2) is 0 Å². The number of aromatic nitrogens is 1. The zero-order chi connectivity index (χ0) is 15.9. The van der Waals surface area contributed by atoms with Crippen LogP contribution in [0, 0.1) is 5.92 Å². The van der Waals surface area contributed by atoms with Crippen LogP contribution in [0.15, 0.2) is 42.7 Å². The molecule has 5 nitrogen and oxygen atoms in total. The van der Waals surface area contributed by atoms with Crippen LogP contribution in [0.3, 0.4) is 0 Å². The highest BCUT2D eigenvalue weighted by Crippen LogP contribution is 2.22. The molecule has 0 aliphatic heterocycles. The van der Waals surface area contributed by atoms with Crippen molar-refractivity contribution < 1.29 is 9.53 Å². The number of nitrogens with two attached hydrogens (primary N) is 1. The third kappa shape index (κ3) is 6.00. The van der Waals surface area contributed by atoms with Gasteiger partial charge in [-0.25, -0.2) is 0 Å². The average Bonchev–Trinajstić information content (AvgIpc) is 2.59. The van der Waals surface area contributed by atoms with Crippen molar-refractivity contribution in [3.8, 4) is 16.9 Å². The van der Waals surface area contributed by atoms with Gasteiger partial charge in [0.25, 0.3) is 5.91 Å². The van der Waals surface area contributed by atoms with Crippen molar-refractivity contribution >= 4 is 30.7 Å². The summed E-state index contributed by atoms with van der Waals surface area (Å²) >= 11 is 0. The molecule has 1 aromatic heterocycles. The zero-order valence-corrected chi connectivity index (χ0v) is 15.3. The summed E-state index contributed by atoms with van der Waals surface area (Å²) in [5.41, 5.74) is 7.96. The fourth-order valence-corrected chi connectivity index (χ4v) is 1.96. The van der Waals surface area contributed by atoms with E-state index in [2.05, 4.69) is 10.3 Å². The molecule has 1 unspecified atom stereocenters. The van der Waals surface area contributed by atoms with E-state index in [-0.39, 0.29) is 36.6 Å². The molecule has 132 valence electrons. The Balaban J connectivity index is 0.00000264. The molecule has 1 amide bonds. The zero-order valence-electron chi connectivity index (χ0n) is 13.7. The number of amides is 1. The molecule has 2 aromatic rings. The van der Waals surface area contributed by atoms with Gasteiger partial charge in [-0.05, 0) is 36.2 Å². The molecular formula is C17H23Cl2N3O2. The summed E-state index contributed by atoms with van der Waals surface area (Å²) in [5.74, 6) is 0.909. The molecule has 0 saturated heterocycles. The lowest BCUT2D eigenvalue weighted by Gasteiger charge is -2.10. The van der Waals surface area contributed by atoms with E-state index in [1.807, 2.05) is 37.3 Å². The van der Waals surface area contributed by atoms with Gasteiger partial charge in [0, 0.05) is 24.5 Å². The predicted octanol–water partition coefficient (Wildman–Crippen LogP) is 2.93. The lowest BCUT2D eigenvalue weighted by molar-refractivity contribution is 0.0948. The van der Waals surface area contributed by atoms with E-state index in [4.69, 9.17) is 10.5 Å². The maximum absolute atomic E-state index is 12.1. The molecule has 0 aliphatic rings. The Morgan fingerprint density at radius 3 is 2.46 bits per heavy atom. The molecule has 0 spiro atoms. The van der Waals surface area contributed by atoms with Crippen molar-refractivity contribution in [2.45, 2.75) is 6.92 Å². The molecule has 0 fully saturated rings. The molecule has 7 heteroatoms. The molecule has 1 atom stereocenters. The monoisotopic (exact) mass is 371 g/mol. The normalized spacial score (nSPS) is 10.8. The first kappa shape index (κ1) is 22.2. The molecule has 24 heavy (non-hydrogen) atoms. The number of pyridine rings is 1. The van der Waals surface area contributed by atoms with Crippen molar-refractivity contribution in [1.29, 1.82) is 0 Å². The van der Waals surface area contributed by atoms with Crippen LogP contribution in [-0.4, -0.2) is 31.1 Å². The average molecular weight is 372 g/mol. The first-order chi connectivity index (χ1) is 10.6. The van der Waals surface area contributed by atoms with Crippen LogP contribution in [0.25, 0.3) is 11.1 Å². The van der Waals surface area contributed by atoms with Crippen LogP contribution in [0.5, 0.6) is 5.75 Å². The molecule has 3 N–H and O–H groups in total. The van der Waals surface area contributed by atoms with Gasteiger partial charge in [-0.3, -0.25) is 9.78 Å². The minimum atomic E-state index is -0.136. The predicted molar refractivity (Wildman–Crippen MR) is 101 cm³/mol. The Kier molecular flexibility index (Phi) is 10.0. The van der Waals surface area contributed by atoms with Gasteiger partial charge in [0.2, 0.25) is 0 Å². The number of hydrogen-bond donors (Lipinski definition) is 2. The first-order valence-electron chi connectivity index (χ1n) is 7.21. The number of carbonyl (C=O) groups excluding carboxylic acids is 1. The number of benzene rings is 1. The third-order valence-corrected chi connectivity index (χ3v) is 3.44. The molecule has 2 rings (SSSR count). The summed E-state index contributed by atoms with van der Waals surface area (Å²) in [4.78, 5) is 16.3. The summed E-state index contributed by atoms with van der Waals surface area (Å²) in [6.07, 6.45) is 3.30. The van der Waals surface area contributed by atoms with Gasteiger partial charge in [-0.1, -0.05) is 19.1 Å². The number of carbonyl (C=O) groups is 1. The number of methoxy groups -OCH3 is 1. The molecule has 1 heterocycles. The summed E-state index contributed by atoms with van der Waals surface area (Å²) in [7, 11) is 1.63. The highest BCUT2D eigenvalue weighted by molar-refractivity contribution is 5.95. The quantitative estimate of drug-likeness (QED) is 0.818. The molecule has 0 bridgehead atoms. The number of hydrogen-bond acceptors (Lipinski definition) is 4. The Labute approximate surface area is 154 Å². The number of nitrogens with zero attached hydrogens (tertiary/aromatic N) is 1. The molecule has 0 aliphatic carbocycles. The van der Waals surface area contributed by atoms with Crippen molar-refractivity contribution in [2.75, 3.05) is 20.2 Å². The van der Waals surface area contributed by atoms with Crippen molar-refractivity contribution in [3.05, 3.63) is 48.3 Å². The van der Waals surface area contributed by atoms with Gasteiger partial charge in [0.05, 0.1) is 12.7 Å². The van der Waals surface area contributed by atoms with Crippen molar-refractivity contribution in [1.82, 2.24) is 10.3 Å². The Morgan fingerprint density at radius 1 is 1.21 bits per heavy atom. The van der Waals surface area contributed by atoms with Crippen LogP contribution in [-0.2, 0) is 0 Å². The fraction of sp³-hybridized carbons (Fsp3) is 0.294. The maximum atomic E-state index is 12.1. The minimum absolute atomic E-state index is 0. The second-order valence-electron chi connectivity index (χ2n) is 5.24. The summed E-state index contributed by atoms with van der Waals surface area (Å²) < 4.78 is 5.14. The second kappa shape index (κ2) is 10.9. The second-order valence-corrected chi connectivity index (χ2v) is 5.24. The number of halogens is 2. The first-order valence-corrected chi connectivity index (χ1v) is 7.21. The van der Waals surface area contributed by atoms with Crippen LogP contribution >= 0.6 is 24.8 Å². The van der Waals surface area contributed by atoms with Crippen LogP contribution in [0.2, 0.25) is 0 Å². The van der Waals surface area contributed by atoms with Crippen LogP contribution in [0.1, 0.15) is 17.3 Å². The molecule has 0 saturated carbocycles. The van der Waals surface area contributed by atoms with E-state index in [0.717, 1.165) is 16.9 Å². The maximum Gasteiger partial charge on any atom is 0.252 e. The van der Waals surface area contributed by atoms with Gasteiger partial charge < -0.3 is 15.8 Å². The SMILES string of the molecule is COc1ccc(-c2cncc(C(=O)NCC(C)CN)c2)cc1.Cl.Cl. The lowest BCUT2D eigenvalue weighted by Crippen LogP contribution is -2.31. The highest BCUT2D eigenvalue weighted by Gasteiger charge is 2.09. The Bertz CT molecular complexity index is 636. The van der Waals surface area contributed by atoms with E-state index >= 15 is 0 Å². The smallest absolute Gasteiger partial charge is 0.252 e. The van der Waals surface area contributed by atoms with E-state index in [1.165, 1.54) is 0 Å². The fourth-order valence-electron chi connectivity index (χ4n) is 1.96. The summed E-state index contributed by atoms with van der Waals surface area (Å²) in [6.45, 7) is 3.10. The Hall–Kier alpha value is -1.82. The summed E-state index contributed by atoms with van der Waals surface area (Å²) in [6, 6.07) is 9.47. The highest BCUT2D eigenvalue weighted by atomic mass is 35.5.